The summed E-state index contributed by atoms with van der Waals surface area (Å²) in [5.74, 6) is -0.932. The fourth-order valence-corrected chi connectivity index (χ4v) is 3.23. The number of aliphatic carboxylic acids is 1. The number of amides is 1. The number of carboxylic acids is 1. The zero-order valence-corrected chi connectivity index (χ0v) is 11.8. The van der Waals surface area contributed by atoms with Crippen molar-refractivity contribution in [2.75, 3.05) is 13.1 Å². The van der Waals surface area contributed by atoms with Crippen LogP contribution >= 0.6 is 0 Å². The highest BCUT2D eigenvalue weighted by molar-refractivity contribution is 5.92. The molecular formula is C14H19N3O3. The summed E-state index contributed by atoms with van der Waals surface area (Å²) in [6.07, 6.45) is 2.36. The molecule has 0 bridgehead atoms. The number of aromatic nitrogens is 2. The number of likely N-dealkylation sites (tertiary alicyclic amines) is 1. The largest absolute Gasteiger partial charge is 0.481 e. The molecule has 2 fully saturated rings. The van der Waals surface area contributed by atoms with Gasteiger partial charge in [-0.05, 0) is 37.7 Å². The van der Waals surface area contributed by atoms with Crippen molar-refractivity contribution in [3.8, 4) is 0 Å². The fraction of sp³-hybridized carbons (Fsp3) is 0.643. The molecule has 1 aromatic rings. The second-order valence-electron chi connectivity index (χ2n) is 6.04. The van der Waals surface area contributed by atoms with E-state index >= 15 is 0 Å². The molecule has 0 aromatic carbocycles. The molecule has 3 rings (SSSR count). The normalized spacial score (nSPS) is 23.9. The Kier molecular flexibility index (Phi) is 2.84. The van der Waals surface area contributed by atoms with Crippen molar-refractivity contribution in [2.45, 2.75) is 26.2 Å². The van der Waals surface area contributed by atoms with E-state index in [4.69, 9.17) is 5.11 Å². The fourth-order valence-electron chi connectivity index (χ4n) is 3.23. The molecule has 1 amide bonds. The number of rotatable bonds is 2. The minimum absolute atomic E-state index is 0.0390. The maximum absolute atomic E-state index is 12.3. The lowest BCUT2D eigenvalue weighted by molar-refractivity contribution is -0.139. The van der Waals surface area contributed by atoms with E-state index in [0.717, 1.165) is 25.0 Å². The molecule has 1 N–H and O–H groups in total. The Morgan fingerprint density at radius 2 is 2.05 bits per heavy atom. The number of nitrogens with zero attached hydrogens (tertiary/aromatic N) is 3. The first-order chi connectivity index (χ1) is 9.43. The average Bonchev–Trinajstić information content (AvgIpc) is 3.01. The SMILES string of the molecule is Cc1cc(C(=O)N2CCC3(CC2)CC3C(=O)O)nn1C. The van der Waals surface area contributed by atoms with Gasteiger partial charge in [-0.15, -0.1) is 0 Å². The molecule has 6 nitrogen and oxygen atoms in total. The van der Waals surface area contributed by atoms with Crippen LogP contribution in [-0.4, -0.2) is 44.8 Å². The van der Waals surface area contributed by atoms with E-state index in [2.05, 4.69) is 5.10 Å². The first-order valence-electron chi connectivity index (χ1n) is 6.96. The van der Waals surface area contributed by atoms with E-state index in [1.54, 1.807) is 15.6 Å². The predicted octanol–water partition coefficient (Wildman–Crippen LogP) is 1.06. The van der Waals surface area contributed by atoms with Crippen molar-refractivity contribution in [1.29, 1.82) is 0 Å². The molecule has 1 saturated carbocycles. The smallest absolute Gasteiger partial charge is 0.307 e. The van der Waals surface area contributed by atoms with Gasteiger partial charge in [0.25, 0.3) is 5.91 Å². The van der Waals surface area contributed by atoms with Crippen molar-refractivity contribution >= 4 is 11.9 Å². The van der Waals surface area contributed by atoms with Crippen molar-refractivity contribution < 1.29 is 14.7 Å². The van der Waals surface area contributed by atoms with Gasteiger partial charge in [-0.25, -0.2) is 0 Å². The molecule has 1 spiro atoms. The monoisotopic (exact) mass is 277 g/mol. The second-order valence-corrected chi connectivity index (χ2v) is 6.04. The summed E-state index contributed by atoms with van der Waals surface area (Å²) in [5.41, 5.74) is 1.39. The number of carboxylic acid groups (broad SMARTS) is 1. The summed E-state index contributed by atoms with van der Waals surface area (Å²) in [6.45, 7) is 3.19. The highest BCUT2D eigenvalue weighted by atomic mass is 16.4. The molecule has 6 heteroatoms. The van der Waals surface area contributed by atoms with Crippen LogP contribution in [0.3, 0.4) is 0 Å². The van der Waals surface area contributed by atoms with E-state index in [0.29, 0.717) is 18.8 Å². The van der Waals surface area contributed by atoms with Gasteiger partial charge in [-0.1, -0.05) is 0 Å². The summed E-state index contributed by atoms with van der Waals surface area (Å²) in [5, 5.41) is 13.3. The van der Waals surface area contributed by atoms with Gasteiger partial charge in [0, 0.05) is 25.8 Å². The van der Waals surface area contributed by atoms with Gasteiger partial charge in [0.15, 0.2) is 5.69 Å². The van der Waals surface area contributed by atoms with Crippen LogP contribution in [-0.2, 0) is 11.8 Å². The van der Waals surface area contributed by atoms with Crippen molar-refractivity contribution in [3.05, 3.63) is 17.5 Å². The average molecular weight is 277 g/mol. The summed E-state index contributed by atoms with van der Waals surface area (Å²) in [7, 11) is 1.82. The first kappa shape index (κ1) is 13.1. The Bertz CT molecular complexity index is 551. The molecule has 2 heterocycles. The molecule has 20 heavy (non-hydrogen) atoms. The maximum atomic E-state index is 12.3. The van der Waals surface area contributed by atoms with E-state index in [1.165, 1.54) is 0 Å². The van der Waals surface area contributed by atoms with E-state index in [1.807, 2.05) is 14.0 Å². The highest BCUT2D eigenvalue weighted by Crippen LogP contribution is 2.59. The van der Waals surface area contributed by atoms with Crippen LogP contribution in [0.4, 0.5) is 0 Å². The van der Waals surface area contributed by atoms with Gasteiger partial charge in [0.1, 0.15) is 0 Å². The van der Waals surface area contributed by atoms with E-state index in [-0.39, 0.29) is 17.2 Å². The van der Waals surface area contributed by atoms with Crippen molar-refractivity contribution in [3.63, 3.8) is 0 Å². The zero-order chi connectivity index (χ0) is 14.5. The minimum atomic E-state index is -0.690. The number of carbonyl (C=O) groups excluding carboxylic acids is 1. The first-order valence-corrected chi connectivity index (χ1v) is 6.96. The quantitative estimate of drug-likeness (QED) is 0.877. The predicted molar refractivity (Wildman–Crippen MR) is 71.3 cm³/mol. The third-order valence-corrected chi connectivity index (χ3v) is 4.87. The molecule has 1 unspecified atom stereocenters. The lowest BCUT2D eigenvalue weighted by Gasteiger charge is -2.32. The standard InChI is InChI=1S/C14H19N3O3/c1-9-7-11(15-16(9)2)12(18)17-5-3-14(4-6-17)8-10(14)13(19)20/h7,10H,3-6,8H2,1-2H3,(H,19,20). The van der Waals surface area contributed by atoms with Crippen molar-refractivity contribution in [1.82, 2.24) is 14.7 Å². The highest BCUT2D eigenvalue weighted by Gasteiger charge is 2.59. The van der Waals surface area contributed by atoms with Gasteiger partial charge >= 0.3 is 5.97 Å². The molecule has 2 aliphatic rings. The Labute approximate surface area is 117 Å². The number of piperidine rings is 1. The summed E-state index contributed by atoms with van der Waals surface area (Å²) in [4.78, 5) is 25.2. The Balaban J connectivity index is 1.64. The van der Waals surface area contributed by atoms with E-state index in [9.17, 15) is 9.59 Å². The topological polar surface area (TPSA) is 75.4 Å². The van der Waals surface area contributed by atoms with Crippen LogP contribution in [0, 0.1) is 18.3 Å². The Hall–Kier alpha value is -1.85. The zero-order valence-electron chi connectivity index (χ0n) is 11.8. The van der Waals surface area contributed by atoms with Crippen LogP contribution in [0.15, 0.2) is 6.07 Å². The lowest BCUT2D eigenvalue weighted by atomic mass is 9.90. The number of aryl methyl sites for hydroxylation is 2. The summed E-state index contributed by atoms with van der Waals surface area (Å²) < 4.78 is 1.69. The third-order valence-electron chi connectivity index (χ3n) is 4.87. The van der Waals surface area contributed by atoms with Gasteiger partial charge in [-0.3, -0.25) is 14.3 Å². The molecule has 1 aliphatic carbocycles. The molecule has 108 valence electrons. The lowest BCUT2D eigenvalue weighted by Crippen LogP contribution is -2.40. The Morgan fingerprint density at radius 1 is 1.40 bits per heavy atom. The van der Waals surface area contributed by atoms with Gasteiger partial charge < -0.3 is 10.0 Å². The number of hydrogen-bond donors (Lipinski definition) is 1. The third kappa shape index (κ3) is 1.99. The molecule has 1 aromatic heterocycles. The van der Waals surface area contributed by atoms with E-state index < -0.39 is 5.97 Å². The van der Waals surface area contributed by atoms with Crippen molar-refractivity contribution in [2.24, 2.45) is 18.4 Å². The van der Waals surface area contributed by atoms with Gasteiger partial charge in [0.2, 0.25) is 0 Å². The molecule has 1 atom stereocenters. The van der Waals surface area contributed by atoms with Crippen LogP contribution in [0.25, 0.3) is 0 Å². The maximum Gasteiger partial charge on any atom is 0.307 e. The molecule has 1 aliphatic heterocycles. The molecular weight excluding hydrogens is 258 g/mol. The Morgan fingerprint density at radius 3 is 2.50 bits per heavy atom. The second kappa shape index (κ2) is 4.33. The number of hydrogen-bond acceptors (Lipinski definition) is 3. The molecule has 1 saturated heterocycles. The van der Waals surface area contributed by atoms with Crippen LogP contribution in [0.1, 0.15) is 35.4 Å². The van der Waals surface area contributed by atoms with Crippen LogP contribution < -0.4 is 0 Å². The van der Waals surface area contributed by atoms with Gasteiger partial charge in [-0.2, -0.15) is 5.10 Å². The number of carbonyl (C=O) groups is 2. The summed E-state index contributed by atoms with van der Waals surface area (Å²) in [6, 6.07) is 1.80. The van der Waals surface area contributed by atoms with Gasteiger partial charge in [0.05, 0.1) is 5.92 Å². The molecule has 0 radical (unpaired) electrons. The minimum Gasteiger partial charge on any atom is -0.481 e. The van der Waals surface area contributed by atoms with Crippen LogP contribution in [0.2, 0.25) is 0 Å². The summed E-state index contributed by atoms with van der Waals surface area (Å²) >= 11 is 0. The van der Waals surface area contributed by atoms with Crippen LogP contribution in [0.5, 0.6) is 0 Å².